The molecule has 104 valence electrons. The van der Waals surface area contributed by atoms with E-state index in [-0.39, 0.29) is 12.0 Å². The average molecular weight is 336 g/mol. The van der Waals surface area contributed by atoms with Crippen molar-refractivity contribution in [3.8, 4) is 11.5 Å². The zero-order valence-electron chi connectivity index (χ0n) is 10.8. The van der Waals surface area contributed by atoms with Gasteiger partial charge in [0.15, 0.2) is 5.82 Å². The molecule has 3 heterocycles. The van der Waals surface area contributed by atoms with E-state index < -0.39 is 0 Å². The normalized spacial score (nSPS) is 28.1. The monoisotopic (exact) mass is 335 g/mol. The van der Waals surface area contributed by atoms with Crippen molar-refractivity contribution < 1.29 is 9.26 Å². The lowest BCUT2D eigenvalue weighted by molar-refractivity contribution is 0.0996. The van der Waals surface area contributed by atoms with Crippen molar-refractivity contribution in [2.45, 2.75) is 37.4 Å². The Morgan fingerprint density at radius 3 is 2.90 bits per heavy atom. The molecule has 0 amide bonds. The van der Waals surface area contributed by atoms with Crippen LogP contribution in [0.4, 0.5) is 5.69 Å². The molecule has 2 fully saturated rings. The molecular weight excluding hydrogens is 322 g/mol. The third kappa shape index (κ3) is 1.94. The SMILES string of the molecule is Nc1cc(-c2nc(C3CC4CCC3O4)no2)ccc1Br. The lowest BCUT2D eigenvalue weighted by Crippen LogP contribution is -2.15. The van der Waals surface area contributed by atoms with Gasteiger partial charge in [0, 0.05) is 15.7 Å². The predicted octanol–water partition coefficient (Wildman–Crippen LogP) is 3.12. The zero-order chi connectivity index (χ0) is 13.7. The number of hydrogen-bond acceptors (Lipinski definition) is 5. The third-order valence-corrected chi connectivity index (χ3v) is 4.84. The molecule has 0 aliphatic carbocycles. The molecule has 4 rings (SSSR count). The van der Waals surface area contributed by atoms with Crippen LogP contribution in [0.2, 0.25) is 0 Å². The highest BCUT2D eigenvalue weighted by Crippen LogP contribution is 2.43. The Balaban J connectivity index is 1.63. The fraction of sp³-hybridized carbons (Fsp3) is 0.429. The molecule has 2 saturated heterocycles. The van der Waals surface area contributed by atoms with E-state index in [0.717, 1.165) is 35.1 Å². The summed E-state index contributed by atoms with van der Waals surface area (Å²) >= 11 is 3.37. The van der Waals surface area contributed by atoms with Gasteiger partial charge in [0.05, 0.1) is 18.1 Å². The first-order chi connectivity index (χ1) is 9.70. The molecule has 1 aromatic carbocycles. The van der Waals surface area contributed by atoms with E-state index in [9.17, 15) is 0 Å². The Morgan fingerprint density at radius 1 is 1.30 bits per heavy atom. The molecule has 2 aliphatic heterocycles. The Hall–Kier alpha value is -1.40. The van der Waals surface area contributed by atoms with Gasteiger partial charge in [-0.15, -0.1) is 0 Å². The van der Waals surface area contributed by atoms with Crippen molar-refractivity contribution in [3.63, 3.8) is 0 Å². The minimum Gasteiger partial charge on any atom is -0.398 e. The number of anilines is 1. The van der Waals surface area contributed by atoms with Crippen molar-refractivity contribution in [3.05, 3.63) is 28.5 Å². The molecule has 1 aromatic heterocycles. The van der Waals surface area contributed by atoms with E-state index in [0.29, 0.717) is 17.7 Å². The van der Waals surface area contributed by atoms with Crippen LogP contribution in [0.3, 0.4) is 0 Å². The molecule has 0 radical (unpaired) electrons. The van der Waals surface area contributed by atoms with Crippen molar-refractivity contribution >= 4 is 21.6 Å². The van der Waals surface area contributed by atoms with Crippen molar-refractivity contribution in [1.29, 1.82) is 0 Å². The van der Waals surface area contributed by atoms with E-state index >= 15 is 0 Å². The molecule has 2 bridgehead atoms. The van der Waals surface area contributed by atoms with Gasteiger partial charge in [0.2, 0.25) is 0 Å². The molecule has 3 unspecified atom stereocenters. The number of fused-ring (bicyclic) bond motifs is 2. The summed E-state index contributed by atoms with van der Waals surface area (Å²) in [6, 6.07) is 5.63. The van der Waals surface area contributed by atoms with Gasteiger partial charge in [-0.3, -0.25) is 0 Å². The van der Waals surface area contributed by atoms with Gasteiger partial charge in [-0.05, 0) is 53.4 Å². The Kier molecular flexibility index (Phi) is 2.82. The zero-order valence-corrected chi connectivity index (χ0v) is 12.3. The molecule has 2 aliphatic rings. The topological polar surface area (TPSA) is 74.2 Å². The van der Waals surface area contributed by atoms with Crippen LogP contribution in [0.5, 0.6) is 0 Å². The van der Waals surface area contributed by atoms with Crippen molar-refractivity contribution in [2.24, 2.45) is 0 Å². The minimum atomic E-state index is 0.264. The van der Waals surface area contributed by atoms with Crippen LogP contribution in [-0.4, -0.2) is 22.3 Å². The van der Waals surface area contributed by atoms with Crippen LogP contribution >= 0.6 is 15.9 Å². The minimum absolute atomic E-state index is 0.264. The summed E-state index contributed by atoms with van der Waals surface area (Å²) in [5.74, 6) is 1.55. The lowest BCUT2D eigenvalue weighted by atomic mass is 9.89. The summed E-state index contributed by atoms with van der Waals surface area (Å²) in [5, 5.41) is 4.13. The van der Waals surface area contributed by atoms with E-state index in [2.05, 4.69) is 26.1 Å². The smallest absolute Gasteiger partial charge is 0.258 e. The summed E-state index contributed by atoms with van der Waals surface area (Å²) in [6.07, 6.45) is 3.92. The summed E-state index contributed by atoms with van der Waals surface area (Å²) in [6.45, 7) is 0. The average Bonchev–Trinajstić information content (AvgIpc) is 3.16. The molecule has 2 N–H and O–H groups in total. The molecule has 20 heavy (non-hydrogen) atoms. The fourth-order valence-electron chi connectivity index (χ4n) is 3.09. The van der Waals surface area contributed by atoms with Gasteiger partial charge in [-0.1, -0.05) is 5.16 Å². The number of nitrogens with two attached hydrogens (primary N) is 1. The molecule has 3 atom stereocenters. The summed E-state index contributed by atoms with van der Waals surface area (Å²) < 4.78 is 12.1. The highest BCUT2D eigenvalue weighted by atomic mass is 79.9. The standard InChI is InChI=1S/C14H14BrN3O2/c15-10-3-1-7(5-11(10)16)14-17-13(18-20-14)9-6-8-2-4-12(9)19-8/h1,3,5,8-9,12H,2,4,6,16H2. The number of halogens is 1. The van der Waals surface area contributed by atoms with Gasteiger partial charge < -0.3 is 15.0 Å². The molecule has 5 nitrogen and oxygen atoms in total. The van der Waals surface area contributed by atoms with Gasteiger partial charge in [0.25, 0.3) is 5.89 Å². The van der Waals surface area contributed by atoms with Crippen molar-refractivity contribution in [2.75, 3.05) is 5.73 Å². The van der Waals surface area contributed by atoms with E-state index in [4.69, 9.17) is 15.0 Å². The van der Waals surface area contributed by atoms with E-state index in [1.54, 1.807) is 0 Å². The summed E-state index contributed by atoms with van der Waals surface area (Å²) in [5.41, 5.74) is 7.38. The van der Waals surface area contributed by atoms with Crippen LogP contribution in [0.1, 0.15) is 31.0 Å². The Bertz CT molecular complexity index is 658. The number of nitrogens with zero attached hydrogens (tertiary/aromatic N) is 2. The van der Waals surface area contributed by atoms with Crippen LogP contribution < -0.4 is 5.73 Å². The fourth-order valence-corrected chi connectivity index (χ4v) is 3.34. The quantitative estimate of drug-likeness (QED) is 0.853. The second kappa shape index (κ2) is 4.56. The maximum Gasteiger partial charge on any atom is 0.258 e. The number of ether oxygens (including phenoxy) is 1. The third-order valence-electron chi connectivity index (χ3n) is 4.12. The molecule has 0 spiro atoms. The maximum absolute atomic E-state index is 5.88. The number of nitrogen functional groups attached to an aromatic ring is 1. The first-order valence-electron chi connectivity index (χ1n) is 6.75. The van der Waals surface area contributed by atoms with Crippen LogP contribution in [0, 0.1) is 0 Å². The molecule has 2 aromatic rings. The number of aromatic nitrogens is 2. The van der Waals surface area contributed by atoms with Gasteiger partial charge in [-0.25, -0.2) is 0 Å². The Labute approximate surface area is 124 Å². The first kappa shape index (κ1) is 12.3. The van der Waals surface area contributed by atoms with Crippen LogP contribution in [0.25, 0.3) is 11.5 Å². The predicted molar refractivity (Wildman–Crippen MR) is 77.1 cm³/mol. The molecule has 6 heteroatoms. The lowest BCUT2D eigenvalue weighted by Gasteiger charge is -2.13. The second-order valence-electron chi connectivity index (χ2n) is 5.41. The van der Waals surface area contributed by atoms with Gasteiger partial charge in [0.1, 0.15) is 0 Å². The van der Waals surface area contributed by atoms with Crippen LogP contribution in [-0.2, 0) is 4.74 Å². The largest absolute Gasteiger partial charge is 0.398 e. The number of benzene rings is 1. The highest BCUT2D eigenvalue weighted by Gasteiger charge is 2.43. The summed E-state index contributed by atoms with van der Waals surface area (Å²) in [4.78, 5) is 4.52. The van der Waals surface area contributed by atoms with E-state index in [1.165, 1.54) is 0 Å². The van der Waals surface area contributed by atoms with Gasteiger partial charge in [-0.2, -0.15) is 4.98 Å². The van der Waals surface area contributed by atoms with Crippen LogP contribution in [0.15, 0.2) is 27.2 Å². The Morgan fingerprint density at radius 2 is 2.20 bits per heavy atom. The highest BCUT2D eigenvalue weighted by molar-refractivity contribution is 9.10. The first-order valence-corrected chi connectivity index (χ1v) is 7.54. The van der Waals surface area contributed by atoms with Gasteiger partial charge >= 0.3 is 0 Å². The van der Waals surface area contributed by atoms with E-state index in [1.807, 2.05) is 18.2 Å². The van der Waals surface area contributed by atoms with Crippen molar-refractivity contribution in [1.82, 2.24) is 10.1 Å². The molecular formula is C14H14BrN3O2. The second-order valence-corrected chi connectivity index (χ2v) is 6.26. The maximum atomic E-state index is 5.88. The molecule has 0 saturated carbocycles. The number of rotatable bonds is 2. The summed E-state index contributed by atoms with van der Waals surface area (Å²) in [7, 11) is 0. The number of hydrogen-bond donors (Lipinski definition) is 1.